The van der Waals surface area contributed by atoms with Crippen LogP contribution in [0.5, 0.6) is 0 Å². The number of fused-ring (bicyclic) bond motifs is 6. The highest BCUT2D eigenvalue weighted by Gasteiger charge is 2.32. The molecular weight excluding hydrogens is 581 g/mol. The lowest BCUT2D eigenvalue weighted by Gasteiger charge is -2.34. The predicted molar refractivity (Wildman–Crippen MR) is 198 cm³/mol. The maximum absolute atomic E-state index is 5.22. The van der Waals surface area contributed by atoms with E-state index in [-0.39, 0.29) is 0 Å². The standard InChI is InChI=1S/C46H32N2/c1-3-14-31(15-4-1)33-18-13-19-35(28-33)44-30-45(48-46(47-44)32-16-5-2-6-17-32)42-25-12-7-20-36(42)34-26-27-41-39-23-9-8-21-37(39)38-22-10-11-24-40(38)43(41)29-34/h1-30,38,40H. The van der Waals surface area contributed by atoms with Gasteiger partial charge < -0.3 is 0 Å². The van der Waals surface area contributed by atoms with E-state index in [1.807, 2.05) is 18.2 Å². The van der Waals surface area contributed by atoms with E-state index in [2.05, 4.69) is 164 Å². The Morgan fingerprint density at radius 1 is 0.333 bits per heavy atom. The molecule has 0 N–H and O–H groups in total. The number of allylic oxidation sites excluding steroid dienone is 4. The van der Waals surface area contributed by atoms with Gasteiger partial charge in [0.15, 0.2) is 5.82 Å². The van der Waals surface area contributed by atoms with Crippen molar-refractivity contribution in [2.75, 3.05) is 0 Å². The average molecular weight is 613 g/mol. The molecule has 0 saturated carbocycles. The summed E-state index contributed by atoms with van der Waals surface area (Å²) in [6.07, 6.45) is 9.10. The van der Waals surface area contributed by atoms with Crippen LogP contribution in [-0.2, 0) is 0 Å². The van der Waals surface area contributed by atoms with Gasteiger partial charge in [0.05, 0.1) is 11.4 Å². The molecule has 1 heterocycles. The Labute approximate surface area is 281 Å². The molecule has 6 aromatic carbocycles. The first-order valence-corrected chi connectivity index (χ1v) is 16.6. The monoisotopic (exact) mass is 612 g/mol. The molecule has 0 radical (unpaired) electrons. The first-order valence-electron chi connectivity index (χ1n) is 16.6. The van der Waals surface area contributed by atoms with Gasteiger partial charge in [-0.2, -0.15) is 0 Å². The maximum Gasteiger partial charge on any atom is 0.160 e. The van der Waals surface area contributed by atoms with E-state index in [0.717, 1.165) is 39.2 Å². The van der Waals surface area contributed by atoms with Crippen LogP contribution in [0.25, 0.3) is 67.3 Å². The van der Waals surface area contributed by atoms with Crippen LogP contribution in [-0.4, -0.2) is 9.97 Å². The SMILES string of the molecule is C1=CC2c3ccccc3-c3ccc(-c4ccccc4-c4cc(-c5cccc(-c6ccccc6)c5)nc(-c5ccccc5)n4)cc3C2C=C1. The van der Waals surface area contributed by atoms with Crippen LogP contribution in [0.2, 0.25) is 0 Å². The predicted octanol–water partition coefficient (Wildman–Crippen LogP) is 11.8. The van der Waals surface area contributed by atoms with Crippen molar-refractivity contribution in [1.82, 2.24) is 9.97 Å². The summed E-state index contributed by atoms with van der Waals surface area (Å²) in [4.78, 5) is 10.4. The molecule has 0 saturated heterocycles. The van der Waals surface area contributed by atoms with Gasteiger partial charge in [-0.3, -0.25) is 0 Å². The molecule has 1 aromatic heterocycles. The smallest absolute Gasteiger partial charge is 0.160 e. The summed E-state index contributed by atoms with van der Waals surface area (Å²) >= 11 is 0. The van der Waals surface area contributed by atoms with E-state index in [1.165, 1.54) is 33.4 Å². The largest absolute Gasteiger partial charge is 0.228 e. The first kappa shape index (κ1) is 28.1. The van der Waals surface area contributed by atoms with Crippen molar-refractivity contribution in [3.8, 4) is 67.3 Å². The number of nitrogens with zero attached hydrogens (tertiary/aromatic N) is 2. The van der Waals surface area contributed by atoms with Crippen molar-refractivity contribution >= 4 is 0 Å². The summed E-state index contributed by atoms with van der Waals surface area (Å²) in [5.74, 6) is 1.36. The molecule has 0 fully saturated rings. The molecular formula is C46H32N2. The number of hydrogen-bond acceptors (Lipinski definition) is 2. The van der Waals surface area contributed by atoms with Gasteiger partial charge in [-0.1, -0.05) is 164 Å². The topological polar surface area (TPSA) is 25.8 Å². The van der Waals surface area contributed by atoms with E-state index < -0.39 is 0 Å². The fourth-order valence-corrected chi connectivity index (χ4v) is 7.38. The summed E-state index contributed by atoms with van der Waals surface area (Å²) in [6.45, 7) is 0. The van der Waals surface area contributed by atoms with Crippen molar-refractivity contribution in [3.63, 3.8) is 0 Å². The second kappa shape index (κ2) is 11.9. The van der Waals surface area contributed by atoms with Gasteiger partial charge >= 0.3 is 0 Å². The molecule has 2 aliphatic rings. The summed E-state index contributed by atoms with van der Waals surface area (Å²) in [7, 11) is 0. The van der Waals surface area contributed by atoms with Crippen LogP contribution in [0.15, 0.2) is 182 Å². The third-order valence-electron chi connectivity index (χ3n) is 9.69. The number of rotatable bonds is 5. The normalized spacial score (nSPS) is 15.8. The van der Waals surface area contributed by atoms with Crippen LogP contribution in [0, 0.1) is 0 Å². The van der Waals surface area contributed by atoms with Gasteiger partial charge in [0.25, 0.3) is 0 Å². The summed E-state index contributed by atoms with van der Waals surface area (Å²) < 4.78 is 0. The average Bonchev–Trinajstić information content (AvgIpc) is 3.18. The zero-order valence-electron chi connectivity index (χ0n) is 26.4. The molecule has 2 heteroatoms. The Bertz CT molecular complexity index is 2350. The summed E-state index contributed by atoms with van der Waals surface area (Å²) in [5, 5.41) is 0. The molecule has 0 aliphatic heterocycles. The summed E-state index contributed by atoms with van der Waals surface area (Å²) in [6, 6.07) is 56.1. The van der Waals surface area contributed by atoms with Gasteiger partial charge in [-0.25, -0.2) is 9.97 Å². The minimum atomic E-state index is 0.305. The van der Waals surface area contributed by atoms with E-state index in [9.17, 15) is 0 Å². The van der Waals surface area contributed by atoms with Crippen molar-refractivity contribution in [2.45, 2.75) is 11.8 Å². The van der Waals surface area contributed by atoms with Crippen LogP contribution < -0.4 is 0 Å². The van der Waals surface area contributed by atoms with Gasteiger partial charge in [0, 0.05) is 28.5 Å². The van der Waals surface area contributed by atoms with Crippen LogP contribution in [0.3, 0.4) is 0 Å². The fraction of sp³-hybridized carbons (Fsp3) is 0.0435. The Balaban J connectivity index is 1.20. The van der Waals surface area contributed by atoms with Crippen molar-refractivity contribution in [2.24, 2.45) is 0 Å². The highest BCUT2D eigenvalue weighted by molar-refractivity contribution is 5.87. The third kappa shape index (κ3) is 4.99. The quantitative estimate of drug-likeness (QED) is 0.193. The van der Waals surface area contributed by atoms with Crippen molar-refractivity contribution in [3.05, 3.63) is 193 Å². The van der Waals surface area contributed by atoms with Crippen LogP contribution >= 0.6 is 0 Å². The van der Waals surface area contributed by atoms with E-state index >= 15 is 0 Å². The fourth-order valence-electron chi connectivity index (χ4n) is 7.38. The number of aromatic nitrogens is 2. The lowest BCUT2D eigenvalue weighted by Crippen LogP contribution is -2.16. The summed E-state index contributed by atoms with van der Waals surface area (Å²) in [5.41, 5.74) is 15.1. The third-order valence-corrected chi connectivity index (χ3v) is 9.69. The molecule has 2 aliphatic carbocycles. The van der Waals surface area contributed by atoms with Crippen LogP contribution in [0.1, 0.15) is 23.0 Å². The molecule has 226 valence electrons. The minimum absolute atomic E-state index is 0.305. The Hall–Kier alpha value is -6.12. The van der Waals surface area contributed by atoms with Crippen LogP contribution in [0.4, 0.5) is 0 Å². The molecule has 0 spiro atoms. The molecule has 7 aromatic rings. The second-order valence-electron chi connectivity index (χ2n) is 12.5. The molecule has 0 amide bonds. The van der Waals surface area contributed by atoms with E-state index in [4.69, 9.17) is 9.97 Å². The number of benzene rings is 6. The van der Waals surface area contributed by atoms with Gasteiger partial charge in [0.1, 0.15) is 0 Å². The molecule has 2 atom stereocenters. The molecule has 9 rings (SSSR count). The highest BCUT2D eigenvalue weighted by atomic mass is 14.9. The Kier molecular flexibility index (Phi) is 6.98. The lowest BCUT2D eigenvalue weighted by atomic mass is 9.69. The van der Waals surface area contributed by atoms with E-state index in [1.54, 1.807) is 0 Å². The Morgan fingerprint density at radius 3 is 1.71 bits per heavy atom. The second-order valence-corrected chi connectivity index (χ2v) is 12.5. The van der Waals surface area contributed by atoms with Crippen molar-refractivity contribution in [1.29, 1.82) is 0 Å². The van der Waals surface area contributed by atoms with E-state index in [0.29, 0.717) is 17.7 Å². The molecule has 48 heavy (non-hydrogen) atoms. The maximum atomic E-state index is 5.22. The highest BCUT2D eigenvalue weighted by Crippen LogP contribution is 2.50. The first-order chi connectivity index (χ1) is 23.8. The van der Waals surface area contributed by atoms with Gasteiger partial charge in [0.2, 0.25) is 0 Å². The molecule has 2 unspecified atom stereocenters. The Morgan fingerprint density at radius 2 is 0.917 bits per heavy atom. The van der Waals surface area contributed by atoms with Crippen molar-refractivity contribution < 1.29 is 0 Å². The molecule has 2 nitrogen and oxygen atoms in total. The van der Waals surface area contributed by atoms with Gasteiger partial charge in [-0.05, 0) is 62.7 Å². The minimum Gasteiger partial charge on any atom is -0.228 e. The molecule has 0 bridgehead atoms. The zero-order chi connectivity index (χ0) is 31.9. The zero-order valence-corrected chi connectivity index (χ0v) is 26.4. The lowest BCUT2D eigenvalue weighted by molar-refractivity contribution is 0.720. The number of hydrogen-bond donors (Lipinski definition) is 0. The van der Waals surface area contributed by atoms with Gasteiger partial charge in [-0.15, -0.1) is 0 Å².